The van der Waals surface area contributed by atoms with E-state index in [1.165, 1.54) is 7.11 Å². The van der Waals surface area contributed by atoms with Crippen LogP contribution in [-0.4, -0.2) is 32.8 Å². The van der Waals surface area contributed by atoms with Crippen LogP contribution in [0.4, 0.5) is 0 Å². The molecule has 0 saturated heterocycles. The highest BCUT2D eigenvalue weighted by molar-refractivity contribution is 6.30. The fourth-order valence-electron chi connectivity index (χ4n) is 3.81. The molecule has 1 aliphatic carbocycles. The average molecular weight is 386 g/mol. The summed E-state index contributed by atoms with van der Waals surface area (Å²) in [6.45, 7) is 0. The van der Waals surface area contributed by atoms with Crippen molar-refractivity contribution in [2.24, 2.45) is 0 Å². The third kappa shape index (κ3) is 3.31. The van der Waals surface area contributed by atoms with E-state index < -0.39 is 12.1 Å². The van der Waals surface area contributed by atoms with E-state index in [2.05, 4.69) is 4.98 Å². The Hall–Kier alpha value is -2.44. The molecule has 1 N–H and O–H groups in total. The molecule has 1 unspecified atom stereocenters. The first-order valence-corrected chi connectivity index (χ1v) is 9.37. The summed E-state index contributed by atoms with van der Waals surface area (Å²) in [5.41, 5.74) is 2.96. The number of halogens is 1. The van der Waals surface area contributed by atoms with E-state index in [4.69, 9.17) is 21.4 Å². The molecular formula is C20H20ClN3O3. The van der Waals surface area contributed by atoms with Gasteiger partial charge in [0.05, 0.1) is 29.0 Å². The fourth-order valence-corrected chi connectivity index (χ4v) is 3.97. The van der Waals surface area contributed by atoms with Gasteiger partial charge in [-0.2, -0.15) is 5.10 Å². The van der Waals surface area contributed by atoms with Crippen LogP contribution in [0.1, 0.15) is 65.1 Å². The first-order chi connectivity index (χ1) is 13.1. The smallest absolute Gasteiger partial charge is 0.356 e. The lowest BCUT2D eigenvalue weighted by molar-refractivity contribution is 0.0593. The monoisotopic (exact) mass is 385 g/mol. The summed E-state index contributed by atoms with van der Waals surface area (Å²) in [7, 11) is 1.31. The zero-order chi connectivity index (χ0) is 19.0. The maximum atomic E-state index is 11.8. The molecular weight excluding hydrogens is 366 g/mol. The van der Waals surface area contributed by atoms with Crippen molar-refractivity contribution in [3.63, 3.8) is 0 Å². The van der Waals surface area contributed by atoms with Gasteiger partial charge in [0.15, 0.2) is 0 Å². The number of aliphatic hydroxyl groups is 1. The second-order valence-electron chi connectivity index (χ2n) is 6.80. The Morgan fingerprint density at radius 1 is 1.30 bits per heavy atom. The van der Waals surface area contributed by atoms with Crippen molar-refractivity contribution in [3.05, 3.63) is 64.2 Å². The van der Waals surface area contributed by atoms with Gasteiger partial charge in [-0.15, -0.1) is 0 Å². The molecule has 1 aliphatic rings. The van der Waals surface area contributed by atoms with Crippen molar-refractivity contribution >= 4 is 23.1 Å². The summed E-state index contributed by atoms with van der Waals surface area (Å²) in [5.74, 6) is -0.233. The van der Waals surface area contributed by atoms with Gasteiger partial charge in [-0.25, -0.2) is 14.3 Å². The van der Waals surface area contributed by atoms with Crippen molar-refractivity contribution in [1.29, 1.82) is 0 Å². The second-order valence-corrected chi connectivity index (χ2v) is 7.24. The first kappa shape index (κ1) is 17.9. The lowest BCUT2D eigenvalue weighted by atomic mass is 9.95. The molecule has 1 atom stereocenters. The van der Waals surface area contributed by atoms with Gasteiger partial charge in [0, 0.05) is 17.7 Å². The summed E-state index contributed by atoms with van der Waals surface area (Å²) in [6.07, 6.45) is 5.16. The van der Waals surface area contributed by atoms with Crippen LogP contribution in [0.3, 0.4) is 0 Å². The zero-order valence-corrected chi connectivity index (χ0v) is 15.7. The molecule has 4 rings (SSSR count). The lowest BCUT2D eigenvalue weighted by Crippen LogP contribution is -2.10. The number of aromatic nitrogens is 3. The van der Waals surface area contributed by atoms with Crippen molar-refractivity contribution < 1.29 is 14.6 Å². The van der Waals surface area contributed by atoms with Crippen LogP contribution in [0.5, 0.6) is 0 Å². The second kappa shape index (κ2) is 7.29. The summed E-state index contributed by atoms with van der Waals surface area (Å²) in [4.78, 5) is 16.1. The van der Waals surface area contributed by atoms with E-state index >= 15 is 0 Å². The number of rotatable bonds is 4. The van der Waals surface area contributed by atoms with Gasteiger partial charge in [-0.3, -0.25) is 0 Å². The highest BCUT2D eigenvalue weighted by atomic mass is 35.5. The van der Waals surface area contributed by atoms with Gasteiger partial charge in [0.1, 0.15) is 11.8 Å². The summed E-state index contributed by atoms with van der Waals surface area (Å²) >= 11 is 6.12. The Kier molecular flexibility index (Phi) is 4.85. The molecule has 140 valence electrons. The van der Waals surface area contributed by atoms with Gasteiger partial charge in [-0.1, -0.05) is 30.5 Å². The van der Waals surface area contributed by atoms with Crippen molar-refractivity contribution in [2.45, 2.75) is 37.7 Å². The molecule has 3 aromatic rings. The fraction of sp³-hybridized carbons (Fsp3) is 0.350. The number of esters is 1. The van der Waals surface area contributed by atoms with E-state index in [1.54, 1.807) is 35.0 Å². The standard InChI is InChI=1S/C20H20ClN3O3/c1-27-20(26)15-8-4-7-14(22-15)19(25)17-16-10-9-13(21)11-24(16)23-18(17)12-5-2-3-6-12/h4,7-12,19,25H,2-3,5-6H2,1H3. The minimum absolute atomic E-state index is 0.163. The molecule has 0 radical (unpaired) electrons. The number of carbonyl (C=O) groups excluding carboxylic acids is 1. The van der Waals surface area contributed by atoms with Crippen molar-refractivity contribution in [1.82, 2.24) is 14.6 Å². The number of hydrogen-bond acceptors (Lipinski definition) is 5. The van der Waals surface area contributed by atoms with Crippen LogP contribution >= 0.6 is 11.6 Å². The van der Waals surface area contributed by atoms with Gasteiger partial charge in [0.25, 0.3) is 0 Å². The number of methoxy groups -OCH3 is 1. The van der Waals surface area contributed by atoms with Crippen LogP contribution in [0.25, 0.3) is 5.52 Å². The largest absolute Gasteiger partial charge is 0.464 e. The minimum atomic E-state index is -0.996. The lowest BCUT2D eigenvalue weighted by Gasteiger charge is -2.15. The number of hydrogen-bond donors (Lipinski definition) is 1. The Morgan fingerprint density at radius 3 is 2.81 bits per heavy atom. The Balaban J connectivity index is 1.84. The van der Waals surface area contributed by atoms with Crippen LogP contribution in [-0.2, 0) is 4.74 Å². The van der Waals surface area contributed by atoms with E-state index in [9.17, 15) is 9.90 Å². The Morgan fingerprint density at radius 2 is 2.07 bits per heavy atom. The Labute approximate surface area is 161 Å². The molecule has 3 aromatic heterocycles. The number of carbonyl (C=O) groups is 1. The number of pyridine rings is 2. The van der Waals surface area contributed by atoms with E-state index in [-0.39, 0.29) is 5.69 Å². The van der Waals surface area contributed by atoms with Gasteiger partial charge in [0.2, 0.25) is 0 Å². The van der Waals surface area contributed by atoms with E-state index in [0.29, 0.717) is 16.6 Å². The van der Waals surface area contributed by atoms with Crippen molar-refractivity contribution in [3.8, 4) is 0 Å². The van der Waals surface area contributed by atoms with E-state index in [0.717, 1.165) is 42.5 Å². The molecule has 6 nitrogen and oxygen atoms in total. The molecule has 0 spiro atoms. The predicted octanol–water partition coefficient (Wildman–Crippen LogP) is 3.91. The number of ether oxygens (including phenoxy) is 1. The minimum Gasteiger partial charge on any atom is -0.464 e. The molecule has 3 heterocycles. The Bertz CT molecular complexity index is 995. The van der Waals surface area contributed by atoms with Gasteiger partial charge < -0.3 is 9.84 Å². The third-order valence-corrected chi connectivity index (χ3v) is 5.34. The van der Waals surface area contributed by atoms with Crippen LogP contribution in [0.15, 0.2) is 36.5 Å². The highest BCUT2D eigenvalue weighted by Gasteiger charge is 2.29. The SMILES string of the molecule is COC(=O)c1cccc(C(O)c2c(C3CCCC3)nn3cc(Cl)ccc23)n1. The molecule has 7 heteroatoms. The van der Waals surface area contributed by atoms with Gasteiger partial charge >= 0.3 is 5.97 Å². The van der Waals surface area contributed by atoms with Gasteiger partial charge in [-0.05, 0) is 37.1 Å². The summed E-state index contributed by atoms with van der Waals surface area (Å²) in [5, 5.41) is 16.5. The molecule has 1 fully saturated rings. The molecule has 0 aromatic carbocycles. The highest BCUT2D eigenvalue weighted by Crippen LogP contribution is 2.40. The van der Waals surface area contributed by atoms with E-state index in [1.807, 2.05) is 6.07 Å². The normalized spacial score (nSPS) is 16.0. The topological polar surface area (TPSA) is 76.7 Å². The molecule has 0 bridgehead atoms. The predicted molar refractivity (Wildman–Crippen MR) is 101 cm³/mol. The quantitative estimate of drug-likeness (QED) is 0.689. The maximum Gasteiger partial charge on any atom is 0.356 e. The average Bonchev–Trinajstić information content (AvgIpc) is 3.34. The molecule has 0 amide bonds. The van der Waals surface area contributed by atoms with Crippen LogP contribution < -0.4 is 0 Å². The van der Waals surface area contributed by atoms with Crippen LogP contribution in [0, 0.1) is 0 Å². The molecule has 0 aliphatic heterocycles. The number of fused-ring (bicyclic) bond motifs is 1. The molecule has 27 heavy (non-hydrogen) atoms. The van der Waals surface area contributed by atoms with Crippen LogP contribution in [0.2, 0.25) is 5.02 Å². The number of aliphatic hydroxyl groups excluding tert-OH is 1. The zero-order valence-electron chi connectivity index (χ0n) is 14.9. The summed E-state index contributed by atoms with van der Waals surface area (Å²) < 4.78 is 6.46. The number of nitrogens with zero attached hydrogens (tertiary/aromatic N) is 3. The van der Waals surface area contributed by atoms with Crippen molar-refractivity contribution in [2.75, 3.05) is 7.11 Å². The third-order valence-electron chi connectivity index (χ3n) is 5.12. The first-order valence-electron chi connectivity index (χ1n) is 8.99. The maximum absolute atomic E-state index is 11.8. The summed E-state index contributed by atoms with van der Waals surface area (Å²) in [6, 6.07) is 8.60. The molecule has 1 saturated carbocycles.